The minimum atomic E-state index is -0.458. The standard InChI is InChI=1S/C24H32O5/c1-3-5-6-7-10-16(25)15-19-20(26)14-13-18(24(19)29)17(9-4-2)23-21(27)11-8-12-22(23)28/h8,11-14,17,26-29H,3-7,9-10,15H2,1-2H3. The smallest absolute Gasteiger partial charge is 0.137 e. The zero-order chi connectivity index (χ0) is 21.4. The second-order valence-electron chi connectivity index (χ2n) is 7.58. The van der Waals surface area contributed by atoms with Crippen LogP contribution in [0.15, 0.2) is 30.3 Å². The molecule has 0 saturated heterocycles. The van der Waals surface area contributed by atoms with E-state index in [-0.39, 0.29) is 40.8 Å². The van der Waals surface area contributed by atoms with Crippen LogP contribution in [0.2, 0.25) is 0 Å². The van der Waals surface area contributed by atoms with Crippen LogP contribution >= 0.6 is 0 Å². The van der Waals surface area contributed by atoms with Gasteiger partial charge in [-0.2, -0.15) is 0 Å². The first-order chi connectivity index (χ1) is 13.9. The Morgan fingerprint density at radius 2 is 1.55 bits per heavy atom. The summed E-state index contributed by atoms with van der Waals surface area (Å²) < 4.78 is 0. The van der Waals surface area contributed by atoms with Gasteiger partial charge in [-0.1, -0.05) is 51.7 Å². The predicted molar refractivity (Wildman–Crippen MR) is 114 cm³/mol. The van der Waals surface area contributed by atoms with E-state index in [1.807, 2.05) is 6.92 Å². The zero-order valence-electron chi connectivity index (χ0n) is 17.3. The Bertz CT molecular complexity index is 808. The fourth-order valence-electron chi connectivity index (χ4n) is 3.78. The second kappa shape index (κ2) is 10.7. The van der Waals surface area contributed by atoms with E-state index in [1.54, 1.807) is 12.1 Å². The molecule has 2 rings (SSSR count). The third-order valence-corrected chi connectivity index (χ3v) is 5.33. The van der Waals surface area contributed by atoms with Gasteiger partial charge in [0.15, 0.2) is 0 Å². The van der Waals surface area contributed by atoms with Crippen LogP contribution in [0.3, 0.4) is 0 Å². The SMILES string of the molecule is CCCCCCC(=O)Cc1c(O)ccc(C(CCC)c2c(O)cccc2O)c1O. The maximum Gasteiger partial charge on any atom is 0.137 e. The number of Topliss-reactive ketones (excluding diaryl/α,β-unsaturated/α-hetero) is 1. The second-order valence-corrected chi connectivity index (χ2v) is 7.58. The van der Waals surface area contributed by atoms with Crippen molar-refractivity contribution in [3.05, 3.63) is 47.0 Å². The molecular formula is C24H32O5. The van der Waals surface area contributed by atoms with Crippen LogP contribution in [0.25, 0.3) is 0 Å². The van der Waals surface area contributed by atoms with E-state index >= 15 is 0 Å². The van der Waals surface area contributed by atoms with Crippen LogP contribution in [-0.4, -0.2) is 26.2 Å². The molecule has 5 nitrogen and oxygen atoms in total. The maximum absolute atomic E-state index is 12.4. The highest BCUT2D eigenvalue weighted by Gasteiger charge is 2.26. The topological polar surface area (TPSA) is 98.0 Å². The van der Waals surface area contributed by atoms with Crippen molar-refractivity contribution in [2.75, 3.05) is 0 Å². The molecule has 0 radical (unpaired) electrons. The van der Waals surface area contributed by atoms with Gasteiger partial charge in [0.05, 0.1) is 0 Å². The Balaban J connectivity index is 2.35. The normalized spacial score (nSPS) is 12.1. The molecule has 0 heterocycles. The van der Waals surface area contributed by atoms with Crippen LogP contribution in [0, 0.1) is 0 Å². The third kappa shape index (κ3) is 5.66. The fourth-order valence-corrected chi connectivity index (χ4v) is 3.78. The number of ketones is 1. The summed E-state index contributed by atoms with van der Waals surface area (Å²) in [4.78, 5) is 12.4. The van der Waals surface area contributed by atoms with Gasteiger partial charge in [0.1, 0.15) is 28.8 Å². The number of aromatic hydroxyl groups is 4. The molecule has 1 unspecified atom stereocenters. The number of hydrogen-bond donors (Lipinski definition) is 4. The summed E-state index contributed by atoms with van der Waals surface area (Å²) in [5.41, 5.74) is 1.03. The van der Waals surface area contributed by atoms with E-state index in [1.165, 1.54) is 18.2 Å². The van der Waals surface area contributed by atoms with E-state index in [9.17, 15) is 25.2 Å². The summed E-state index contributed by atoms with van der Waals surface area (Å²) in [7, 11) is 0. The van der Waals surface area contributed by atoms with Crippen molar-refractivity contribution in [3.63, 3.8) is 0 Å². The fraction of sp³-hybridized carbons (Fsp3) is 0.458. The van der Waals surface area contributed by atoms with E-state index in [2.05, 4.69) is 6.92 Å². The lowest BCUT2D eigenvalue weighted by Gasteiger charge is -2.22. The number of phenols is 4. The van der Waals surface area contributed by atoms with E-state index in [0.29, 0.717) is 24.0 Å². The summed E-state index contributed by atoms with van der Waals surface area (Å²) in [6.45, 7) is 4.08. The molecule has 2 aromatic rings. The van der Waals surface area contributed by atoms with Crippen molar-refractivity contribution in [2.24, 2.45) is 0 Å². The summed E-state index contributed by atoms with van der Waals surface area (Å²) >= 11 is 0. The molecule has 4 N–H and O–H groups in total. The minimum Gasteiger partial charge on any atom is -0.508 e. The predicted octanol–water partition coefficient (Wildman–Crippen LogP) is 5.52. The molecule has 0 fully saturated rings. The molecule has 0 bridgehead atoms. The zero-order valence-corrected chi connectivity index (χ0v) is 17.3. The Morgan fingerprint density at radius 1 is 0.862 bits per heavy atom. The molecule has 0 aliphatic carbocycles. The molecule has 0 aliphatic heterocycles. The molecule has 1 atom stereocenters. The number of benzene rings is 2. The van der Waals surface area contributed by atoms with Crippen LogP contribution in [-0.2, 0) is 11.2 Å². The van der Waals surface area contributed by atoms with Gasteiger partial charge in [-0.15, -0.1) is 0 Å². The van der Waals surface area contributed by atoms with Crippen molar-refractivity contribution in [1.29, 1.82) is 0 Å². The Morgan fingerprint density at radius 3 is 2.17 bits per heavy atom. The number of carbonyl (C=O) groups excluding carboxylic acids is 1. The minimum absolute atomic E-state index is 0.0266. The first kappa shape index (κ1) is 22.6. The van der Waals surface area contributed by atoms with Gasteiger partial charge >= 0.3 is 0 Å². The number of hydrogen-bond acceptors (Lipinski definition) is 5. The van der Waals surface area contributed by atoms with Gasteiger partial charge in [-0.05, 0) is 31.0 Å². The lowest BCUT2D eigenvalue weighted by molar-refractivity contribution is -0.118. The first-order valence-corrected chi connectivity index (χ1v) is 10.5. The quantitative estimate of drug-likeness (QED) is 0.372. The van der Waals surface area contributed by atoms with E-state index in [0.717, 1.165) is 32.1 Å². The highest BCUT2D eigenvalue weighted by molar-refractivity contribution is 5.82. The van der Waals surface area contributed by atoms with Gasteiger partial charge in [-0.3, -0.25) is 4.79 Å². The molecule has 158 valence electrons. The average Bonchev–Trinajstić information content (AvgIpc) is 2.68. The van der Waals surface area contributed by atoms with Crippen LogP contribution in [0.4, 0.5) is 0 Å². The molecule has 2 aromatic carbocycles. The van der Waals surface area contributed by atoms with Gasteiger partial charge in [0.2, 0.25) is 0 Å². The monoisotopic (exact) mass is 400 g/mol. The summed E-state index contributed by atoms with van der Waals surface area (Å²) in [5, 5.41) is 41.8. The first-order valence-electron chi connectivity index (χ1n) is 10.5. The Hall–Kier alpha value is -2.69. The number of unbranched alkanes of at least 4 members (excludes halogenated alkanes) is 3. The van der Waals surface area contributed by atoms with Crippen LogP contribution in [0.1, 0.15) is 81.4 Å². The van der Waals surface area contributed by atoms with Gasteiger partial charge in [0.25, 0.3) is 0 Å². The molecule has 0 spiro atoms. The van der Waals surface area contributed by atoms with Crippen LogP contribution in [0.5, 0.6) is 23.0 Å². The van der Waals surface area contributed by atoms with Crippen molar-refractivity contribution in [1.82, 2.24) is 0 Å². The molecular weight excluding hydrogens is 368 g/mol. The highest BCUT2D eigenvalue weighted by atomic mass is 16.3. The molecule has 29 heavy (non-hydrogen) atoms. The van der Waals surface area contributed by atoms with Crippen molar-refractivity contribution < 1.29 is 25.2 Å². The number of phenolic OH excluding ortho intramolecular Hbond substituents is 4. The van der Waals surface area contributed by atoms with E-state index < -0.39 is 5.92 Å². The Kier molecular flexibility index (Phi) is 8.37. The third-order valence-electron chi connectivity index (χ3n) is 5.33. The van der Waals surface area contributed by atoms with Crippen molar-refractivity contribution >= 4 is 5.78 Å². The van der Waals surface area contributed by atoms with Crippen molar-refractivity contribution in [3.8, 4) is 23.0 Å². The van der Waals surface area contributed by atoms with Gasteiger partial charge in [0, 0.05) is 35.4 Å². The lowest BCUT2D eigenvalue weighted by Crippen LogP contribution is -2.07. The maximum atomic E-state index is 12.4. The summed E-state index contributed by atoms with van der Waals surface area (Å²) in [5.74, 6) is -0.853. The average molecular weight is 401 g/mol. The van der Waals surface area contributed by atoms with Gasteiger partial charge < -0.3 is 20.4 Å². The molecule has 0 saturated carbocycles. The van der Waals surface area contributed by atoms with Crippen molar-refractivity contribution in [2.45, 2.75) is 71.1 Å². The molecule has 5 heteroatoms. The Labute approximate surface area is 172 Å². The number of carbonyl (C=O) groups is 1. The van der Waals surface area contributed by atoms with Crippen LogP contribution < -0.4 is 0 Å². The van der Waals surface area contributed by atoms with Gasteiger partial charge in [-0.25, -0.2) is 0 Å². The summed E-state index contributed by atoms with van der Waals surface area (Å²) in [6, 6.07) is 7.60. The molecule has 0 aliphatic rings. The highest BCUT2D eigenvalue weighted by Crippen LogP contribution is 2.45. The molecule has 0 aromatic heterocycles. The lowest BCUT2D eigenvalue weighted by atomic mass is 9.84. The molecule has 0 amide bonds. The van der Waals surface area contributed by atoms with E-state index in [4.69, 9.17) is 0 Å². The number of rotatable bonds is 11. The summed E-state index contributed by atoms with van der Waals surface area (Å²) in [6.07, 6.45) is 5.69. The largest absolute Gasteiger partial charge is 0.508 e.